The Morgan fingerprint density at radius 3 is 2.62 bits per heavy atom. The molecule has 1 fully saturated rings. The van der Waals surface area contributed by atoms with Crippen LogP contribution in [0, 0.1) is 6.92 Å². The van der Waals surface area contributed by atoms with Gasteiger partial charge in [-0.25, -0.2) is 9.78 Å². The number of para-hydroxylation sites is 2. The number of piperidine rings is 1. The van der Waals surface area contributed by atoms with E-state index in [2.05, 4.69) is 59.3 Å². The summed E-state index contributed by atoms with van der Waals surface area (Å²) in [7, 11) is 0. The first kappa shape index (κ1) is 19.3. The Balaban J connectivity index is 1.53. The van der Waals surface area contributed by atoms with Crippen LogP contribution >= 0.6 is 0 Å². The van der Waals surface area contributed by atoms with Gasteiger partial charge in [-0.2, -0.15) is 0 Å². The first-order valence-corrected chi connectivity index (χ1v) is 10.3. The monoisotopic (exact) mass is 392 g/mol. The van der Waals surface area contributed by atoms with Gasteiger partial charge in [0, 0.05) is 19.1 Å². The molecule has 1 saturated heterocycles. The van der Waals surface area contributed by atoms with Crippen molar-refractivity contribution in [2.75, 3.05) is 25.0 Å². The van der Waals surface area contributed by atoms with Crippen LogP contribution in [-0.2, 0) is 11.3 Å². The van der Waals surface area contributed by atoms with Crippen LogP contribution in [0.15, 0.2) is 48.5 Å². The molecule has 0 spiro atoms. The Labute approximate surface area is 171 Å². The van der Waals surface area contributed by atoms with Gasteiger partial charge in [0.15, 0.2) is 0 Å². The van der Waals surface area contributed by atoms with Crippen molar-refractivity contribution in [3.8, 4) is 0 Å². The van der Waals surface area contributed by atoms with Gasteiger partial charge in [-0.3, -0.25) is 0 Å². The zero-order valence-electron chi connectivity index (χ0n) is 17.1. The van der Waals surface area contributed by atoms with Crippen LogP contribution in [0.4, 0.5) is 10.7 Å². The number of benzene rings is 2. The smallest absolute Gasteiger partial charge is 0.409 e. The molecule has 1 aliphatic heterocycles. The number of nitrogens with zero attached hydrogens (tertiary/aromatic N) is 3. The quantitative estimate of drug-likeness (QED) is 0.698. The molecule has 0 unspecified atom stereocenters. The molecule has 0 saturated carbocycles. The molecule has 1 N–H and O–H groups in total. The van der Waals surface area contributed by atoms with Gasteiger partial charge in [-0.15, -0.1) is 0 Å². The standard InChI is InChI=1S/C23H28N4O2/c1-3-29-23(28)26-14-12-19(13-15-26)24-22-25-20-10-6-7-11-21(20)27(22)16-18-9-5-4-8-17(18)2/h4-11,19H,3,12-16H2,1-2H3,(H,24,25). The molecule has 2 heterocycles. The van der Waals surface area contributed by atoms with Crippen molar-refractivity contribution in [1.82, 2.24) is 14.5 Å². The maximum atomic E-state index is 11.9. The highest BCUT2D eigenvalue weighted by molar-refractivity contribution is 5.78. The zero-order chi connectivity index (χ0) is 20.2. The summed E-state index contributed by atoms with van der Waals surface area (Å²) >= 11 is 0. The molecule has 0 aliphatic carbocycles. The molecule has 0 bridgehead atoms. The fraction of sp³-hybridized carbons (Fsp3) is 0.391. The number of carbonyl (C=O) groups is 1. The minimum atomic E-state index is -0.210. The van der Waals surface area contributed by atoms with Crippen LogP contribution in [0.2, 0.25) is 0 Å². The van der Waals surface area contributed by atoms with Crippen LogP contribution in [0.3, 0.4) is 0 Å². The van der Waals surface area contributed by atoms with E-state index in [0.29, 0.717) is 19.7 Å². The van der Waals surface area contributed by atoms with E-state index < -0.39 is 0 Å². The van der Waals surface area contributed by atoms with Gasteiger partial charge < -0.3 is 19.5 Å². The Morgan fingerprint density at radius 2 is 1.86 bits per heavy atom. The second-order valence-electron chi connectivity index (χ2n) is 7.54. The largest absolute Gasteiger partial charge is 0.450 e. The van der Waals surface area contributed by atoms with Crippen LogP contribution in [0.25, 0.3) is 11.0 Å². The average Bonchev–Trinajstić information content (AvgIpc) is 3.07. The second kappa shape index (κ2) is 8.55. The third-order valence-electron chi connectivity index (χ3n) is 5.60. The minimum absolute atomic E-state index is 0.210. The number of nitrogens with one attached hydrogen (secondary N) is 1. The second-order valence-corrected chi connectivity index (χ2v) is 7.54. The molecule has 0 radical (unpaired) electrons. The molecule has 29 heavy (non-hydrogen) atoms. The fourth-order valence-electron chi connectivity index (χ4n) is 3.91. The van der Waals surface area contributed by atoms with E-state index in [9.17, 15) is 4.79 Å². The van der Waals surface area contributed by atoms with Crippen LogP contribution in [-0.4, -0.2) is 46.3 Å². The van der Waals surface area contributed by atoms with Crippen molar-refractivity contribution < 1.29 is 9.53 Å². The maximum absolute atomic E-state index is 11.9. The molecule has 4 rings (SSSR count). The van der Waals surface area contributed by atoms with Crippen molar-refractivity contribution in [2.45, 2.75) is 39.3 Å². The third-order valence-corrected chi connectivity index (χ3v) is 5.60. The Morgan fingerprint density at radius 1 is 1.14 bits per heavy atom. The number of rotatable bonds is 5. The number of imidazole rings is 1. The number of hydrogen-bond acceptors (Lipinski definition) is 4. The van der Waals surface area contributed by atoms with E-state index in [1.165, 1.54) is 11.1 Å². The van der Waals surface area contributed by atoms with Crippen molar-refractivity contribution >= 4 is 23.1 Å². The Bertz CT molecular complexity index is 989. The number of amides is 1. The van der Waals surface area contributed by atoms with Crippen LogP contribution in [0.1, 0.15) is 30.9 Å². The summed E-state index contributed by atoms with van der Waals surface area (Å²) in [6.07, 6.45) is 1.55. The van der Waals surface area contributed by atoms with E-state index in [0.717, 1.165) is 36.4 Å². The predicted octanol–water partition coefficient (Wildman–Crippen LogP) is 4.43. The van der Waals surface area contributed by atoms with Gasteiger partial charge in [0.2, 0.25) is 5.95 Å². The lowest BCUT2D eigenvalue weighted by Crippen LogP contribution is -2.42. The highest BCUT2D eigenvalue weighted by Gasteiger charge is 2.25. The van der Waals surface area contributed by atoms with Gasteiger partial charge in [0.1, 0.15) is 0 Å². The van der Waals surface area contributed by atoms with E-state index in [4.69, 9.17) is 9.72 Å². The van der Waals surface area contributed by atoms with Crippen molar-refractivity contribution in [1.29, 1.82) is 0 Å². The van der Waals surface area contributed by atoms with E-state index in [1.807, 2.05) is 13.0 Å². The predicted molar refractivity (Wildman–Crippen MR) is 115 cm³/mol. The first-order valence-electron chi connectivity index (χ1n) is 10.3. The lowest BCUT2D eigenvalue weighted by molar-refractivity contribution is 0.0983. The summed E-state index contributed by atoms with van der Waals surface area (Å²) in [6, 6.07) is 17.0. The minimum Gasteiger partial charge on any atom is -0.450 e. The van der Waals surface area contributed by atoms with Crippen LogP contribution < -0.4 is 5.32 Å². The normalized spacial score (nSPS) is 14.9. The number of ether oxygens (including phenoxy) is 1. The van der Waals surface area contributed by atoms with Gasteiger partial charge in [0.05, 0.1) is 24.2 Å². The first-order chi connectivity index (χ1) is 14.2. The molecule has 6 heteroatoms. The SMILES string of the molecule is CCOC(=O)N1CCC(Nc2nc3ccccc3n2Cc2ccccc2C)CC1. The van der Waals surface area contributed by atoms with Gasteiger partial charge in [-0.05, 0) is 49.9 Å². The number of anilines is 1. The average molecular weight is 393 g/mol. The molecular weight excluding hydrogens is 364 g/mol. The highest BCUT2D eigenvalue weighted by Crippen LogP contribution is 2.24. The number of fused-ring (bicyclic) bond motifs is 1. The van der Waals surface area contributed by atoms with Crippen molar-refractivity contribution in [2.24, 2.45) is 0 Å². The van der Waals surface area contributed by atoms with Gasteiger partial charge >= 0.3 is 6.09 Å². The molecule has 1 aliphatic rings. The van der Waals surface area contributed by atoms with Gasteiger partial charge in [0.25, 0.3) is 0 Å². The molecule has 3 aromatic rings. The van der Waals surface area contributed by atoms with E-state index >= 15 is 0 Å². The zero-order valence-corrected chi connectivity index (χ0v) is 17.1. The Hall–Kier alpha value is -3.02. The molecule has 1 amide bonds. The fourth-order valence-corrected chi connectivity index (χ4v) is 3.91. The number of aromatic nitrogens is 2. The summed E-state index contributed by atoms with van der Waals surface area (Å²) in [4.78, 5) is 18.6. The van der Waals surface area contributed by atoms with Crippen molar-refractivity contribution in [3.05, 3.63) is 59.7 Å². The third kappa shape index (κ3) is 4.21. The van der Waals surface area contributed by atoms with Crippen LogP contribution in [0.5, 0.6) is 0 Å². The topological polar surface area (TPSA) is 59.4 Å². The summed E-state index contributed by atoms with van der Waals surface area (Å²) in [5.41, 5.74) is 4.68. The summed E-state index contributed by atoms with van der Waals surface area (Å²) in [5, 5.41) is 3.64. The molecule has 0 atom stereocenters. The summed E-state index contributed by atoms with van der Waals surface area (Å²) in [5.74, 6) is 0.893. The summed E-state index contributed by atoms with van der Waals surface area (Å²) < 4.78 is 7.38. The molecule has 6 nitrogen and oxygen atoms in total. The highest BCUT2D eigenvalue weighted by atomic mass is 16.6. The summed E-state index contributed by atoms with van der Waals surface area (Å²) in [6.45, 7) is 6.58. The lowest BCUT2D eigenvalue weighted by Gasteiger charge is -2.32. The Kier molecular flexibility index (Phi) is 5.69. The lowest BCUT2D eigenvalue weighted by atomic mass is 10.1. The van der Waals surface area contributed by atoms with Gasteiger partial charge in [-0.1, -0.05) is 36.4 Å². The molecule has 1 aromatic heterocycles. The number of likely N-dealkylation sites (tertiary alicyclic amines) is 1. The molecular formula is C23H28N4O2. The number of carbonyl (C=O) groups excluding carboxylic acids is 1. The van der Waals surface area contributed by atoms with E-state index in [1.54, 1.807) is 4.90 Å². The number of hydrogen-bond donors (Lipinski definition) is 1. The maximum Gasteiger partial charge on any atom is 0.409 e. The number of aryl methyl sites for hydroxylation is 1. The van der Waals surface area contributed by atoms with Crippen molar-refractivity contribution in [3.63, 3.8) is 0 Å². The molecule has 152 valence electrons. The van der Waals surface area contributed by atoms with E-state index in [-0.39, 0.29) is 12.1 Å². The molecule has 2 aromatic carbocycles.